The van der Waals surface area contributed by atoms with E-state index >= 15 is 0 Å². The SMILES string of the molecule is CC(C)CN(Cc1ccc2c(c1)C=CC(C)(C)O2)CS(=O)(=O)c1ccc([N+](=O)[O-])cc1. The maximum Gasteiger partial charge on any atom is 0.269 e. The molecule has 2 aromatic carbocycles. The second-order valence-electron chi connectivity index (χ2n) is 8.81. The Bertz CT molecular complexity index is 1090. The third-order valence-electron chi connectivity index (χ3n) is 4.90. The van der Waals surface area contributed by atoms with E-state index in [2.05, 4.69) is 0 Å². The Morgan fingerprint density at radius 2 is 1.81 bits per heavy atom. The van der Waals surface area contributed by atoms with Gasteiger partial charge in [0.25, 0.3) is 5.69 Å². The number of nitro benzene ring substituents is 1. The average Bonchev–Trinajstić information content (AvgIpc) is 2.67. The van der Waals surface area contributed by atoms with E-state index in [-0.39, 0.29) is 28.0 Å². The van der Waals surface area contributed by atoms with Gasteiger partial charge in [-0.25, -0.2) is 8.42 Å². The molecule has 0 bridgehead atoms. The van der Waals surface area contributed by atoms with Crippen LogP contribution in [0.4, 0.5) is 5.69 Å². The summed E-state index contributed by atoms with van der Waals surface area (Å²) in [6, 6.07) is 10.9. The van der Waals surface area contributed by atoms with Crippen LogP contribution in [0.25, 0.3) is 6.08 Å². The lowest BCUT2D eigenvalue weighted by atomic mass is 10.0. The van der Waals surface area contributed by atoms with Gasteiger partial charge in [0.2, 0.25) is 0 Å². The molecule has 1 heterocycles. The summed E-state index contributed by atoms with van der Waals surface area (Å²) in [4.78, 5) is 12.3. The normalized spacial score (nSPS) is 15.0. The Hall–Kier alpha value is -2.71. The number of non-ortho nitro benzene ring substituents is 1. The van der Waals surface area contributed by atoms with Crippen LogP contribution in [-0.4, -0.2) is 36.3 Å². The molecule has 0 radical (unpaired) electrons. The summed E-state index contributed by atoms with van der Waals surface area (Å²) in [5, 5.41) is 10.8. The smallest absolute Gasteiger partial charge is 0.269 e. The van der Waals surface area contributed by atoms with Crippen molar-refractivity contribution in [2.75, 3.05) is 12.4 Å². The number of nitrogens with zero attached hydrogens (tertiary/aromatic N) is 2. The number of hydrogen-bond donors (Lipinski definition) is 0. The van der Waals surface area contributed by atoms with Gasteiger partial charge in [0.1, 0.15) is 17.2 Å². The van der Waals surface area contributed by atoms with Gasteiger partial charge in [-0.2, -0.15) is 0 Å². The van der Waals surface area contributed by atoms with Crippen LogP contribution in [-0.2, 0) is 16.4 Å². The third kappa shape index (κ3) is 5.92. The van der Waals surface area contributed by atoms with Crippen LogP contribution in [0, 0.1) is 16.0 Å². The van der Waals surface area contributed by atoms with Crippen LogP contribution in [0.5, 0.6) is 5.75 Å². The quantitative estimate of drug-likeness (QED) is 0.434. The molecular weight excluding hydrogens is 416 g/mol. The fourth-order valence-electron chi connectivity index (χ4n) is 3.55. The highest BCUT2D eigenvalue weighted by atomic mass is 32.2. The van der Waals surface area contributed by atoms with E-state index in [1.165, 1.54) is 24.3 Å². The van der Waals surface area contributed by atoms with E-state index < -0.39 is 14.8 Å². The Morgan fingerprint density at radius 1 is 1.13 bits per heavy atom. The van der Waals surface area contributed by atoms with Crippen molar-refractivity contribution in [3.63, 3.8) is 0 Å². The predicted octanol–water partition coefficient (Wildman–Crippen LogP) is 4.67. The summed E-state index contributed by atoms with van der Waals surface area (Å²) < 4.78 is 31.9. The van der Waals surface area contributed by atoms with Crippen LogP contribution in [0.3, 0.4) is 0 Å². The molecule has 3 rings (SSSR count). The lowest BCUT2D eigenvalue weighted by Crippen LogP contribution is -2.33. The van der Waals surface area contributed by atoms with Crippen molar-refractivity contribution in [2.45, 2.75) is 44.7 Å². The van der Waals surface area contributed by atoms with E-state index in [1.807, 2.05) is 62.9 Å². The number of rotatable bonds is 8. The van der Waals surface area contributed by atoms with Gasteiger partial charge >= 0.3 is 0 Å². The third-order valence-corrected chi connectivity index (χ3v) is 6.60. The molecule has 0 amide bonds. The molecule has 0 spiro atoms. The van der Waals surface area contributed by atoms with Gasteiger partial charge in [0, 0.05) is 30.8 Å². The topological polar surface area (TPSA) is 89.8 Å². The second kappa shape index (κ2) is 8.80. The molecule has 0 atom stereocenters. The molecule has 8 heteroatoms. The summed E-state index contributed by atoms with van der Waals surface area (Å²) in [5.41, 5.74) is 1.48. The minimum atomic E-state index is -3.64. The Labute approximate surface area is 183 Å². The second-order valence-corrected chi connectivity index (χ2v) is 10.8. The number of ether oxygens (including phenoxy) is 1. The zero-order valence-electron chi connectivity index (χ0n) is 18.2. The van der Waals surface area contributed by atoms with Gasteiger partial charge < -0.3 is 4.74 Å². The standard InChI is InChI=1S/C23H28N2O5S/c1-17(2)14-24(16-31(28,29)21-8-6-20(7-9-21)25(26)27)15-18-5-10-22-19(13-18)11-12-23(3,4)30-22/h5-13,17H,14-16H2,1-4H3. The van der Waals surface area contributed by atoms with Crippen molar-refractivity contribution in [2.24, 2.45) is 5.92 Å². The largest absolute Gasteiger partial charge is 0.483 e. The maximum atomic E-state index is 13.0. The highest BCUT2D eigenvalue weighted by molar-refractivity contribution is 7.91. The lowest BCUT2D eigenvalue weighted by Gasteiger charge is -2.29. The first-order valence-electron chi connectivity index (χ1n) is 10.2. The van der Waals surface area contributed by atoms with Crippen LogP contribution in [0.15, 0.2) is 53.4 Å². The van der Waals surface area contributed by atoms with Crippen molar-refractivity contribution in [1.82, 2.24) is 4.90 Å². The molecular formula is C23H28N2O5S. The molecule has 166 valence electrons. The fourth-order valence-corrected chi connectivity index (χ4v) is 4.93. The minimum absolute atomic E-state index is 0.0795. The van der Waals surface area contributed by atoms with Crippen molar-refractivity contribution in [3.05, 3.63) is 69.8 Å². The minimum Gasteiger partial charge on any atom is -0.483 e. The Morgan fingerprint density at radius 3 is 2.42 bits per heavy atom. The molecule has 1 aliphatic heterocycles. The maximum absolute atomic E-state index is 13.0. The first-order valence-corrected chi connectivity index (χ1v) is 11.8. The van der Waals surface area contributed by atoms with Gasteiger partial charge in [-0.3, -0.25) is 15.0 Å². The molecule has 0 aliphatic carbocycles. The van der Waals surface area contributed by atoms with Gasteiger partial charge in [-0.15, -0.1) is 0 Å². The monoisotopic (exact) mass is 444 g/mol. The number of sulfone groups is 1. The van der Waals surface area contributed by atoms with E-state index in [0.29, 0.717) is 13.1 Å². The van der Waals surface area contributed by atoms with Crippen LogP contribution in [0.2, 0.25) is 0 Å². The van der Waals surface area contributed by atoms with E-state index in [9.17, 15) is 18.5 Å². The molecule has 31 heavy (non-hydrogen) atoms. The number of benzene rings is 2. The predicted molar refractivity (Wildman–Crippen MR) is 121 cm³/mol. The van der Waals surface area contributed by atoms with Gasteiger partial charge in [0.05, 0.1) is 9.82 Å². The summed E-state index contributed by atoms with van der Waals surface area (Å²) in [6.07, 6.45) is 4.03. The molecule has 0 saturated carbocycles. The summed E-state index contributed by atoms with van der Waals surface area (Å²) >= 11 is 0. The zero-order chi connectivity index (χ0) is 22.8. The van der Waals surface area contributed by atoms with E-state index in [0.717, 1.165) is 16.9 Å². The number of nitro groups is 1. The Balaban J connectivity index is 1.80. The van der Waals surface area contributed by atoms with Crippen LogP contribution in [0.1, 0.15) is 38.8 Å². The highest BCUT2D eigenvalue weighted by Gasteiger charge is 2.24. The molecule has 7 nitrogen and oxygen atoms in total. The van der Waals surface area contributed by atoms with Gasteiger partial charge in [-0.05, 0) is 55.7 Å². The highest BCUT2D eigenvalue weighted by Crippen LogP contribution is 2.31. The molecule has 0 saturated heterocycles. The molecule has 1 aliphatic rings. The van der Waals surface area contributed by atoms with Crippen molar-refractivity contribution >= 4 is 21.6 Å². The molecule has 0 fully saturated rings. The van der Waals surface area contributed by atoms with Gasteiger partial charge in [0.15, 0.2) is 9.84 Å². The first kappa shape index (κ1) is 23.0. The summed E-state index contributed by atoms with van der Waals surface area (Å²) in [5.74, 6) is 0.915. The molecule has 2 aromatic rings. The van der Waals surface area contributed by atoms with Crippen molar-refractivity contribution in [1.29, 1.82) is 0 Å². The van der Waals surface area contributed by atoms with E-state index in [4.69, 9.17) is 4.74 Å². The summed E-state index contributed by atoms with van der Waals surface area (Å²) in [7, 11) is -3.64. The Kier molecular flexibility index (Phi) is 6.52. The number of hydrogen-bond acceptors (Lipinski definition) is 6. The van der Waals surface area contributed by atoms with E-state index in [1.54, 1.807) is 0 Å². The fraction of sp³-hybridized carbons (Fsp3) is 0.391. The molecule has 0 aromatic heterocycles. The van der Waals surface area contributed by atoms with Crippen molar-refractivity contribution in [3.8, 4) is 5.75 Å². The molecule has 0 N–H and O–H groups in total. The molecule has 0 unspecified atom stereocenters. The van der Waals surface area contributed by atoms with Gasteiger partial charge in [-0.1, -0.05) is 26.0 Å². The van der Waals surface area contributed by atoms with Crippen LogP contribution < -0.4 is 4.74 Å². The van der Waals surface area contributed by atoms with Crippen molar-refractivity contribution < 1.29 is 18.1 Å². The average molecular weight is 445 g/mol. The van der Waals surface area contributed by atoms with Crippen LogP contribution >= 0.6 is 0 Å². The lowest BCUT2D eigenvalue weighted by molar-refractivity contribution is -0.384. The summed E-state index contributed by atoms with van der Waals surface area (Å²) in [6.45, 7) is 9.13. The first-order chi connectivity index (χ1) is 14.4. The zero-order valence-corrected chi connectivity index (χ0v) is 19.1. The number of fused-ring (bicyclic) bond motifs is 1.